The molecule has 1 aliphatic heterocycles. The van der Waals surface area contributed by atoms with Crippen LogP contribution in [0.4, 0.5) is 0 Å². The van der Waals surface area contributed by atoms with Crippen molar-refractivity contribution in [2.75, 3.05) is 18.8 Å². The molecule has 3 N–H and O–H groups in total. The summed E-state index contributed by atoms with van der Waals surface area (Å²) in [5.74, 6) is 0.329. The standard InChI is InChI=1S/C23H31N3O4S/c27-21(15-26-23(28)17-31(29)16-22-6-4-12-30-22)8-7-20-14-18(9-11-25-20)13-19-5-2-1-3-10-24-19/h4,6,8-9,11-12,14,19,24,27H,1-3,5,7,10,13,15-17H2,(H,26,28). The zero-order valence-corrected chi connectivity index (χ0v) is 18.5. The molecule has 0 bridgehead atoms. The summed E-state index contributed by atoms with van der Waals surface area (Å²) in [5, 5.41) is 16.3. The van der Waals surface area contributed by atoms with Gasteiger partial charge in [-0.05, 0) is 72.9 Å². The summed E-state index contributed by atoms with van der Waals surface area (Å²) in [5.41, 5.74) is 2.12. The molecule has 2 aromatic heterocycles. The van der Waals surface area contributed by atoms with Crippen LogP contribution < -0.4 is 10.6 Å². The predicted molar refractivity (Wildman–Crippen MR) is 121 cm³/mol. The molecule has 8 heteroatoms. The Morgan fingerprint density at radius 3 is 3.13 bits per heavy atom. The first-order valence-corrected chi connectivity index (χ1v) is 12.3. The Morgan fingerprint density at radius 2 is 2.29 bits per heavy atom. The molecule has 2 aromatic rings. The van der Waals surface area contributed by atoms with Crippen LogP contribution in [-0.2, 0) is 34.6 Å². The highest BCUT2D eigenvalue weighted by molar-refractivity contribution is 7.91. The molecule has 31 heavy (non-hydrogen) atoms. The van der Waals surface area contributed by atoms with E-state index in [-0.39, 0.29) is 29.7 Å². The number of carbonyl (C=O) groups is 1. The Morgan fingerprint density at radius 1 is 1.39 bits per heavy atom. The van der Waals surface area contributed by atoms with Crippen LogP contribution in [-0.4, -0.2) is 45.4 Å². The lowest BCUT2D eigenvalue weighted by atomic mass is 10.0. The van der Waals surface area contributed by atoms with Gasteiger partial charge in [0.2, 0.25) is 0 Å². The van der Waals surface area contributed by atoms with E-state index in [1.165, 1.54) is 37.5 Å². The van der Waals surface area contributed by atoms with Crippen molar-refractivity contribution in [3.63, 3.8) is 0 Å². The van der Waals surface area contributed by atoms with E-state index < -0.39 is 11.2 Å². The molecule has 1 amide bonds. The van der Waals surface area contributed by atoms with Crippen LogP contribution in [0.25, 0.3) is 0 Å². The zero-order chi connectivity index (χ0) is 21.9. The fourth-order valence-electron chi connectivity index (χ4n) is 3.61. The number of pyridine rings is 1. The highest BCUT2D eigenvalue weighted by Crippen LogP contribution is 2.14. The van der Waals surface area contributed by atoms with E-state index in [9.17, 15) is 14.5 Å². The fourth-order valence-corrected chi connectivity index (χ4v) is 4.59. The number of hydrogen-bond acceptors (Lipinski definition) is 6. The number of amides is 1. The van der Waals surface area contributed by atoms with Gasteiger partial charge < -0.3 is 24.7 Å². The first kappa shape index (κ1) is 23.4. The third kappa shape index (κ3) is 8.77. The van der Waals surface area contributed by atoms with Gasteiger partial charge in [0.1, 0.15) is 5.76 Å². The van der Waals surface area contributed by atoms with E-state index in [2.05, 4.69) is 21.7 Å². The van der Waals surface area contributed by atoms with Gasteiger partial charge in [0.25, 0.3) is 5.91 Å². The maximum atomic E-state index is 12.0. The van der Waals surface area contributed by atoms with Crippen molar-refractivity contribution in [3.05, 3.63) is 65.6 Å². The van der Waals surface area contributed by atoms with Gasteiger partial charge in [-0.25, -0.2) is 0 Å². The van der Waals surface area contributed by atoms with Crippen LogP contribution in [0.15, 0.2) is 53.0 Å². The molecule has 0 spiro atoms. The summed E-state index contributed by atoms with van der Waals surface area (Å²) < 4.78 is 17.1. The number of aliphatic hydroxyl groups is 1. The molecule has 0 radical (unpaired) electrons. The van der Waals surface area contributed by atoms with Crippen molar-refractivity contribution >= 4 is 17.1 Å². The molecule has 1 aliphatic rings. The Labute approximate surface area is 186 Å². The second kappa shape index (κ2) is 12.5. The second-order valence-corrected chi connectivity index (χ2v) is 9.30. The molecular weight excluding hydrogens is 414 g/mol. The van der Waals surface area contributed by atoms with E-state index in [0.29, 0.717) is 18.2 Å². The van der Waals surface area contributed by atoms with Crippen LogP contribution in [0.2, 0.25) is 0 Å². The fraction of sp³-hybridized carbons (Fsp3) is 0.478. The molecule has 3 heterocycles. The van der Waals surface area contributed by atoms with Crippen LogP contribution in [0.1, 0.15) is 42.7 Å². The molecule has 1 saturated heterocycles. The van der Waals surface area contributed by atoms with Crippen molar-refractivity contribution in [1.82, 2.24) is 15.6 Å². The number of aromatic nitrogens is 1. The number of allylic oxidation sites excluding steroid dienone is 1. The van der Waals surface area contributed by atoms with Crippen LogP contribution in [0.3, 0.4) is 0 Å². The van der Waals surface area contributed by atoms with E-state index in [4.69, 9.17) is 4.42 Å². The minimum atomic E-state index is -1.36. The quantitative estimate of drug-likeness (QED) is 0.383. The van der Waals surface area contributed by atoms with Gasteiger partial charge in [0.15, 0.2) is 17.3 Å². The SMILES string of the molecule is O=C(C[S+]([O-])Cc1ccco1)NCC(O)=CCc1cc(CC2CCCCCN2)ccn1. The molecular formula is C23H31N3O4S. The van der Waals surface area contributed by atoms with E-state index in [0.717, 1.165) is 18.7 Å². The molecule has 3 rings (SSSR count). The highest BCUT2D eigenvalue weighted by atomic mass is 32.2. The van der Waals surface area contributed by atoms with Crippen molar-refractivity contribution in [3.8, 4) is 0 Å². The normalized spacial score (nSPS) is 18.4. The first-order chi connectivity index (χ1) is 15.1. The average molecular weight is 446 g/mol. The molecule has 0 aliphatic carbocycles. The molecule has 2 unspecified atom stereocenters. The lowest BCUT2D eigenvalue weighted by Crippen LogP contribution is -2.32. The summed E-state index contributed by atoms with van der Waals surface area (Å²) in [6.07, 6.45) is 11.4. The van der Waals surface area contributed by atoms with Gasteiger partial charge in [-0.1, -0.05) is 12.8 Å². The molecule has 168 valence electrons. The smallest absolute Gasteiger partial charge is 0.270 e. The summed E-state index contributed by atoms with van der Waals surface area (Å²) >= 11 is -1.36. The number of nitrogens with one attached hydrogen (secondary N) is 2. The second-order valence-electron chi connectivity index (χ2n) is 7.84. The van der Waals surface area contributed by atoms with Gasteiger partial charge in [-0.3, -0.25) is 9.78 Å². The number of furan rings is 1. The predicted octanol–water partition coefficient (Wildman–Crippen LogP) is 2.80. The van der Waals surface area contributed by atoms with Crippen molar-refractivity contribution in [2.24, 2.45) is 0 Å². The minimum Gasteiger partial charge on any atom is -0.616 e. The van der Waals surface area contributed by atoms with Crippen molar-refractivity contribution in [2.45, 2.75) is 50.3 Å². The van der Waals surface area contributed by atoms with Gasteiger partial charge in [-0.2, -0.15) is 0 Å². The Balaban J connectivity index is 1.40. The summed E-state index contributed by atoms with van der Waals surface area (Å²) in [6, 6.07) is 8.07. The highest BCUT2D eigenvalue weighted by Gasteiger charge is 2.16. The van der Waals surface area contributed by atoms with Gasteiger partial charge in [-0.15, -0.1) is 0 Å². The third-order valence-corrected chi connectivity index (χ3v) is 6.41. The minimum absolute atomic E-state index is 0.00245. The zero-order valence-electron chi connectivity index (χ0n) is 17.7. The number of carbonyl (C=O) groups excluding carboxylic acids is 1. The van der Waals surface area contributed by atoms with E-state index in [1.54, 1.807) is 18.2 Å². The summed E-state index contributed by atoms with van der Waals surface area (Å²) in [4.78, 5) is 16.3. The lowest BCUT2D eigenvalue weighted by Gasteiger charge is -2.15. The molecule has 2 atom stereocenters. The van der Waals surface area contributed by atoms with Crippen molar-refractivity contribution < 1.29 is 18.9 Å². The summed E-state index contributed by atoms with van der Waals surface area (Å²) in [7, 11) is 0. The van der Waals surface area contributed by atoms with Gasteiger partial charge in [0.05, 0.1) is 12.8 Å². The van der Waals surface area contributed by atoms with E-state index in [1.807, 2.05) is 12.3 Å². The maximum absolute atomic E-state index is 12.0. The Hall–Kier alpha value is -2.29. The van der Waals surface area contributed by atoms with Gasteiger partial charge >= 0.3 is 0 Å². The molecule has 0 aromatic carbocycles. The van der Waals surface area contributed by atoms with Crippen LogP contribution >= 0.6 is 0 Å². The number of aliphatic hydroxyl groups excluding tert-OH is 1. The topological polar surface area (TPSA) is 110 Å². The third-order valence-electron chi connectivity index (χ3n) is 5.21. The van der Waals surface area contributed by atoms with Crippen molar-refractivity contribution in [1.29, 1.82) is 0 Å². The number of nitrogens with zero attached hydrogens (tertiary/aromatic N) is 1. The number of rotatable bonds is 10. The molecule has 0 saturated carbocycles. The monoisotopic (exact) mass is 445 g/mol. The van der Waals surface area contributed by atoms with Crippen LogP contribution in [0, 0.1) is 0 Å². The maximum Gasteiger partial charge on any atom is 0.270 e. The Bertz CT molecular complexity index is 833. The average Bonchev–Trinajstić information content (AvgIpc) is 3.12. The Kier molecular flexibility index (Phi) is 9.45. The van der Waals surface area contributed by atoms with Crippen LogP contribution in [0.5, 0.6) is 0 Å². The molecule has 7 nitrogen and oxygen atoms in total. The van der Waals surface area contributed by atoms with Gasteiger partial charge in [0, 0.05) is 24.4 Å². The molecule has 1 fully saturated rings. The summed E-state index contributed by atoms with van der Waals surface area (Å²) in [6.45, 7) is 1.09. The lowest BCUT2D eigenvalue weighted by molar-refractivity contribution is -0.118. The van der Waals surface area contributed by atoms with E-state index >= 15 is 0 Å². The number of hydrogen-bond donors (Lipinski definition) is 3. The first-order valence-electron chi connectivity index (χ1n) is 10.8. The largest absolute Gasteiger partial charge is 0.616 e.